The van der Waals surface area contributed by atoms with Crippen molar-refractivity contribution in [1.29, 1.82) is 0 Å². The second-order valence-corrected chi connectivity index (χ2v) is 10.00. The number of hydrogen-bond acceptors (Lipinski definition) is 6. The number of benzene rings is 1. The van der Waals surface area contributed by atoms with Gasteiger partial charge >= 0.3 is 0 Å². The van der Waals surface area contributed by atoms with Crippen LogP contribution in [0.15, 0.2) is 66.3 Å². The molecule has 6 heteroatoms. The summed E-state index contributed by atoms with van der Waals surface area (Å²) in [6.07, 6.45) is 8.51. The van der Waals surface area contributed by atoms with Gasteiger partial charge in [0.1, 0.15) is 0 Å². The van der Waals surface area contributed by atoms with Crippen LogP contribution in [0, 0.1) is 5.41 Å². The molecule has 0 aliphatic carbocycles. The zero-order valence-corrected chi connectivity index (χ0v) is 19.5. The third kappa shape index (κ3) is 5.10. The smallest absolute Gasteiger partial charge is 0.160 e. The lowest BCUT2D eigenvalue weighted by Crippen LogP contribution is -2.36. The molecule has 4 aromatic rings. The first kappa shape index (κ1) is 22.3. The summed E-state index contributed by atoms with van der Waals surface area (Å²) in [4.78, 5) is 13.9. The van der Waals surface area contributed by atoms with Crippen LogP contribution in [0.25, 0.3) is 27.7 Å². The summed E-state index contributed by atoms with van der Waals surface area (Å²) >= 11 is 1.62. The van der Waals surface area contributed by atoms with Crippen LogP contribution in [-0.2, 0) is 6.42 Å². The molecule has 32 heavy (non-hydrogen) atoms. The molecule has 0 aliphatic heterocycles. The van der Waals surface area contributed by atoms with E-state index < -0.39 is 6.04 Å². The van der Waals surface area contributed by atoms with E-state index in [0.717, 1.165) is 32.6 Å². The van der Waals surface area contributed by atoms with Crippen molar-refractivity contribution in [3.63, 3.8) is 0 Å². The monoisotopic (exact) mass is 443 g/mol. The molecular weight excluding hydrogens is 414 g/mol. The Kier molecular flexibility index (Phi) is 6.46. The topological polar surface area (TPSA) is 90.7 Å². The van der Waals surface area contributed by atoms with Gasteiger partial charge in [0.2, 0.25) is 0 Å². The SMILES string of the molecule is CC(C)(C)C=Cc1csc2c(C(N)C(N)Cc3ccccc3)nc(-c3ccncc3)nc12. The zero-order valence-electron chi connectivity index (χ0n) is 18.7. The lowest BCUT2D eigenvalue weighted by molar-refractivity contribution is 0.537. The Morgan fingerprint density at radius 3 is 2.41 bits per heavy atom. The molecule has 4 rings (SSSR count). The highest BCUT2D eigenvalue weighted by Gasteiger charge is 2.23. The van der Waals surface area contributed by atoms with Crippen molar-refractivity contribution in [2.24, 2.45) is 16.9 Å². The van der Waals surface area contributed by atoms with E-state index in [1.807, 2.05) is 30.3 Å². The molecule has 5 nitrogen and oxygen atoms in total. The highest BCUT2D eigenvalue weighted by Crippen LogP contribution is 2.34. The molecule has 2 atom stereocenters. The van der Waals surface area contributed by atoms with Crippen molar-refractivity contribution in [3.05, 3.63) is 83.1 Å². The maximum Gasteiger partial charge on any atom is 0.160 e. The number of rotatable bonds is 6. The molecule has 0 fully saturated rings. The van der Waals surface area contributed by atoms with Crippen molar-refractivity contribution < 1.29 is 0 Å². The molecule has 0 amide bonds. The van der Waals surface area contributed by atoms with Crippen LogP contribution >= 0.6 is 11.3 Å². The van der Waals surface area contributed by atoms with Crippen molar-refractivity contribution in [2.75, 3.05) is 0 Å². The van der Waals surface area contributed by atoms with Crippen LogP contribution in [0.4, 0.5) is 0 Å². The number of nitrogens with two attached hydrogens (primary N) is 2. The van der Waals surface area contributed by atoms with E-state index in [0.29, 0.717) is 12.2 Å². The van der Waals surface area contributed by atoms with Crippen LogP contribution in [0.1, 0.15) is 43.6 Å². The predicted octanol–water partition coefficient (Wildman–Crippen LogP) is 5.38. The number of thiophene rings is 1. The zero-order chi connectivity index (χ0) is 22.7. The van der Waals surface area contributed by atoms with E-state index in [1.54, 1.807) is 23.7 Å². The maximum absolute atomic E-state index is 6.71. The first-order valence-electron chi connectivity index (χ1n) is 10.8. The number of aromatic nitrogens is 3. The van der Waals surface area contributed by atoms with E-state index in [9.17, 15) is 0 Å². The Labute approximate surface area is 193 Å². The minimum absolute atomic E-state index is 0.0759. The van der Waals surface area contributed by atoms with Gasteiger partial charge in [-0.2, -0.15) is 0 Å². The van der Waals surface area contributed by atoms with Crippen molar-refractivity contribution in [1.82, 2.24) is 15.0 Å². The number of hydrogen-bond donors (Lipinski definition) is 2. The first-order valence-corrected chi connectivity index (χ1v) is 11.6. The molecule has 2 unspecified atom stereocenters. The molecule has 4 N–H and O–H groups in total. The Morgan fingerprint density at radius 2 is 1.72 bits per heavy atom. The average molecular weight is 444 g/mol. The summed E-state index contributed by atoms with van der Waals surface area (Å²) in [5.74, 6) is 0.640. The second kappa shape index (κ2) is 9.28. The van der Waals surface area contributed by atoms with Gasteiger partial charge in [-0.3, -0.25) is 4.98 Å². The molecular formula is C26H29N5S. The predicted molar refractivity (Wildman–Crippen MR) is 134 cm³/mol. The fourth-order valence-electron chi connectivity index (χ4n) is 3.49. The summed E-state index contributed by atoms with van der Waals surface area (Å²) in [6, 6.07) is 13.3. The molecule has 3 heterocycles. The van der Waals surface area contributed by atoms with E-state index in [4.69, 9.17) is 21.4 Å². The Hall–Kier alpha value is -2.93. The van der Waals surface area contributed by atoms with E-state index >= 15 is 0 Å². The molecule has 164 valence electrons. The number of allylic oxidation sites excluding steroid dienone is 1. The molecule has 0 radical (unpaired) electrons. The van der Waals surface area contributed by atoms with Gasteiger partial charge in [0, 0.05) is 34.9 Å². The average Bonchev–Trinajstić information content (AvgIpc) is 3.20. The molecule has 0 aliphatic rings. The van der Waals surface area contributed by atoms with Crippen LogP contribution < -0.4 is 11.5 Å². The van der Waals surface area contributed by atoms with Crippen molar-refractivity contribution in [3.8, 4) is 11.4 Å². The van der Waals surface area contributed by atoms with Crippen LogP contribution in [0.2, 0.25) is 0 Å². The molecule has 0 saturated heterocycles. The lowest BCUT2D eigenvalue weighted by Gasteiger charge is -2.21. The third-order valence-corrected chi connectivity index (χ3v) is 6.27. The summed E-state index contributed by atoms with van der Waals surface area (Å²) in [5, 5.41) is 2.12. The Bertz CT molecular complexity index is 1210. The first-order chi connectivity index (χ1) is 15.3. The maximum atomic E-state index is 6.71. The second-order valence-electron chi connectivity index (χ2n) is 9.12. The Morgan fingerprint density at radius 1 is 1.00 bits per heavy atom. The van der Waals surface area contributed by atoms with Crippen LogP contribution in [-0.4, -0.2) is 21.0 Å². The molecule has 1 aromatic carbocycles. The minimum atomic E-state index is -0.417. The normalized spacial score (nSPS) is 14.2. The van der Waals surface area contributed by atoms with E-state index in [2.05, 4.69) is 55.4 Å². The summed E-state index contributed by atoms with van der Waals surface area (Å²) < 4.78 is 0.993. The van der Waals surface area contributed by atoms with Gasteiger partial charge in [-0.05, 0) is 29.5 Å². The highest BCUT2D eigenvalue weighted by atomic mass is 32.1. The molecule has 0 saturated carbocycles. The third-order valence-electron chi connectivity index (χ3n) is 5.26. The fourth-order valence-corrected chi connectivity index (χ4v) is 4.50. The van der Waals surface area contributed by atoms with Gasteiger partial charge in [-0.15, -0.1) is 11.3 Å². The number of fused-ring (bicyclic) bond motifs is 1. The van der Waals surface area contributed by atoms with Crippen molar-refractivity contribution in [2.45, 2.75) is 39.3 Å². The Balaban J connectivity index is 1.79. The lowest BCUT2D eigenvalue weighted by atomic mass is 9.95. The van der Waals surface area contributed by atoms with Gasteiger partial charge in [0.25, 0.3) is 0 Å². The van der Waals surface area contributed by atoms with Gasteiger partial charge in [-0.25, -0.2) is 9.97 Å². The molecule has 0 bridgehead atoms. The van der Waals surface area contributed by atoms with Gasteiger partial charge in [0.05, 0.1) is 22.0 Å². The van der Waals surface area contributed by atoms with Gasteiger partial charge in [0.15, 0.2) is 5.82 Å². The van der Waals surface area contributed by atoms with Gasteiger partial charge in [-0.1, -0.05) is 63.3 Å². The molecule has 0 spiro atoms. The summed E-state index contributed by atoms with van der Waals surface area (Å²) in [5.41, 5.74) is 18.2. The van der Waals surface area contributed by atoms with Crippen molar-refractivity contribution >= 4 is 27.6 Å². The van der Waals surface area contributed by atoms with E-state index in [1.165, 1.54) is 0 Å². The quantitative estimate of drug-likeness (QED) is 0.417. The van der Waals surface area contributed by atoms with E-state index in [-0.39, 0.29) is 11.5 Å². The highest BCUT2D eigenvalue weighted by molar-refractivity contribution is 7.17. The van der Waals surface area contributed by atoms with Crippen LogP contribution in [0.5, 0.6) is 0 Å². The standard InChI is InChI=1S/C26H29N5S/c1-26(2,3)12-9-19-16-32-24-22(19)30-25(18-10-13-29-14-11-18)31-23(24)21(28)20(27)15-17-7-5-4-6-8-17/h4-14,16,20-21H,15,27-28H2,1-3H3. The number of nitrogens with zero attached hydrogens (tertiary/aromatic N) is 3. The number of pyridine rings is 1. The summed E-state index contributed by atoms with van der Waals surface area (Å²) in [6.45, 7) is 6.54. The fraction of sp³-hybridized carbons (Fsp3) is 0.269. The summed E-state index contributed by atoms with van der Waals surface area (Å²) in [7, 11) is 0. The van der Waals surface area contributed by atoms with Crippen LogP contribution in [0.3, 0.4) is 0 Å². The molecule has 3 aromatic heterocycles. The largest absolute Gasteiger partial charge is 0.326 e. The minimum Gasteiger partial charge on any atom is -0.326 e. The van der Waals surface area contributed by atoms with Gasteiger partial charge < -0.3 is 11.5 Å².